The number of carbonyl (C=O) groups is 10. The molecule has 1 fully saturated rings. The third-order valence-corrected chi connectivity index (χ3v) is 12.2. The van der Waals surface area contributed by atoms with Gasteiger partial charge >= 0.3 is 24.0 Å². The van der Waals surface area contributed by atoms with Crippen LogP contribution in [-0.2, 0) is 81.0 Å². The summed E-state index contributed by atoms with van der Waals surface area (Å²) < 4.78 is 44.3. The number of unbranched alkanes of at least 4 members (excludes halogenated alkanes) is 2. The summed E-state index contributed by atoms with van der Waals surface area (Å²) in [6.07, 6.45) is -3.25. The summed E-state index contributed by atoms with van der Waals surface area (Å²) in [6.45, 7) is 4.36. The molecule has 7 N–H and O–H groups in total. The normalized spacial score (nSPS) is 18.3. The van der Waals surface area contributed by atoms with Crippen LogP contribution in [0, 0.1) is 0 Å². The van der Waals surface area contributed by atoms with Crippen molar-refractivity contribution in [3.63, 3.8) is 0 Å². The van der Waals surface area contributed by atoms with Crippen LogP contribution in [0.4, 0.5) is 4.79 Å². The number of rotatable bonds is 34. The van der Waals surface area contributed by atoms with Gasteiger partial charge in [-0.3, -0.25) is 38.4 Å². The molecular formula is C52H72N6O18. The standard InChI is InChI=1S/C52H72N6O18/c1-33(60)57-47-49(75-36(4)63)48(74-35(3)62)42(30-72-34(2)61)76-50(47)71-26-11-5-10-22-54-46(67)32-70-28-24-56-45(66)18-21-52(19-12-25-59,20-17-44(65)55-23-27-69-31-43(53)64)58-51(68)73-29-41-39-15-8-6-13-37(39)38-14-7-9-16-40(38)41/h6-9,13-16,25,41-42,47-50H,5,10-12,17-24,26-32H2,1-4H3,(H2,53,64)(H,54,67)(H,55,65)(H,56,66)(H,57,60)(H,58,68)/t42-,47-,48+,49-,50-,52?/m1/s1. The predicted octanol–water partition coefficient (Wildman–Crippen LogP) is 1.51. The number of amides is 6. The Morgan fingerprint density at radius 3 is 1.79 bits per heavy atom. The van der Waals surface area contributed by atoms with Crippen molar-refractivity contribution in [1.82, 2.24) is 26.6 Å². The molecule has 0 radical (unpaired) electrons. The first-order valence-corrected chi connectivity index (χ1v) is 25.2. The van der Waals surface area contributed by atoms with Crippen LogP contribution in [0.5, 0.6) is 0 Å². The Morgan fingerprint density at radius 2 is 1.22 bits per heavy atom. The number of carbonyl (C=O) groups excluding carboxylic acids is 10. The molecule has 76 heavy (non-hydrogen) atoms. The van der Waals surface area contributed by atoms with Gasteiger partial charge in [0.25, 0.3) is 0 Å². The molecule has 6 amide bonds. The zero-order valence-electron chi connectivity index (χ0n) is 43.5. The molecule has 0 aromatic heterocycles. The van der Waals surface area contributed by atoms with E-state index in [0.717, 1.165) is 36.1 Å². The van der Waals surface area contributed by atoms with Gasteiger partial charge in [-0.05, 0) is 60.8 Å². The van der Waals surface area contributed by atoms with Crippen LogP contribution in [-0.4, -0.2) is 162 Å². The molecule has 24 heteroatoms. The summed E-state index contributed by atoms with van der Waals surface area (Å²) in [5, 5.41) is 13.7. The molecule has 0 bridgehead atoms. The number of esters is 3. The van der Waals surface area contributed by atoms with Crippen molar-refractivity contribution in [3.05, 3.63) is 59.7 Å². The number of alkyl carbamates (subject to hydrolysis) is 1. The molecule has 418 valence electrons. The second kappa shape index (κ2) is 32.4. The van der Waals surface area contributed by atoms with Gasteiger partial charge in [0.2, 0.25) is 29.5 Å². The highest BCUT2D eigenvalue weighted by Crippen LogP contribution is 2.44. The second-order valence-corrected chi connectivity index (χ2v) is 18.2. The van der Waals surface area contributed by atoms with Crippen molar-refractivity contribution in [2.75, 3.05) is 65.9 Å². The van der Waals surface area contributed by atoms with Crippen molar-refractivity contribution < 1.29 is 85.8 Å². The Bertz CT molecular complexity index is 2250. The fourth-order valence-corrected chi connectivity index (χ4v) is 8.81. The highest BCUT2D eigenvalue weighted by atomic mass is 16.7. The number of fused-ring (bicyclic) bond motifs is 3. The van der Waals surface area contributed by atoms with Crippen molar-refractivity contribution >= 4 is 59.8 Å². The third-order valence-electron chi connectivity index (χ3n) is 12.2. The Labute approximate surface area is 441 Å². The van der Waals surface area contributed by atoms with Crippen LogP contribution in [0.1, 0.15) is 103 Å². The van der Waals surface area contributed by atoms with Crippen LogP contribution in [0.25, 0.3) is 11.1 Å². The van der Waals surface area contributed by atoms with E-state index in [4.69, 9.17) is 43.6 Å². The molecular weight excluding hydrogens is 997 g/mol. The Balaban J connectivity index is 1.22. The van der Waals surface area contributed by atoms with E-state index in [9.17, 15) is 47.9 Å². The molecule has 4 rings (SSSR count). The highest BCUT2D eigenvalue weighted by Gasteiger charge is 2.51. The van der Waals surface area contributed by atoms with Gasteiger partial charge in [-0.2, -0.15) is 0 Å². The minimum Gasteiger partial charge on any atom is -0.463 e. The fourth-order valence-electron chi connectivity index (χ4n) is 8.81. The number of aldehydes is 1. The van der Waals surface area contributed by atoms with Gasteiger partial charge in [-0.25, -0.2) is 4.79 Å². The van der Waals surface area contributed by atoms with E-state index in [2.05, 4.69) is 26.6 Å². The molecule has 0 saturated carbocycles. The van der Waals surface area contributed by atoms with Crippen molar-refractivity contribution in [1.29, 1.82) is 0 Å². The van der Waals surface area contributed by atoms with Gasteiger partial charge in [-0.15, -0.1) is 0 Å². The van der Waals surface area contributed by atoms with Gasteiger partial charge < -0.3 is 75.0 Å². The zero-order chi connectivity index (χ0) is 55.5. The van der Waals surface area contributed by atoms with E-state index in [0.29, 0.717) is 32.1 Å². The maximum atomic E-state index is 13.6. The van der Waals surface area contributed by atoms with Gasteiger partial charge in [-0.1, -0.05) is 48.5 Å². The first-order valence-electron chi connectivity index (χ1n) is 25.2. The van der Waals surface area contributed by atoms with Gasteiger partial charge in [0, 0.05) is 84.7 Å². The van der Waals surface area contributed by atoms with Gasteiger partial charge in [0.15, 0.2) is 18.5 Å². The molecule has 1 aliphatic carbocycles. The summed E-state index contributed by atoms with van der Waals surface area (Å²) in [7, 11) is 0. The molecule has 2 aliphatic rings. The van der Waals surface area contributed by atoms with E-state index >= 15 is 0 Å². The maximum Gasteiger partial charge on any atom is 0.407 e. The Morgan fingerprint density at radius 1 is 0.645 bits per heavy atom. The average molecular weight is 1070 g/mol. The van der Waals surface area contributed by atoms with Crippen LogP contribution in [0.3, 0.4) is 0 Å². The van der Waals surface area contributed by atoms with Crippen LogP contribution < -0.4 is 32.3 Å². The lowest BCUT2D eigenvalue weighted by molar-refractivity contribution is -0.277. The summed E-state index contributed by atoms with van der Waals surface area (Å²) >= 11 is 0. The van der Waals surface area contributed by atoms with E-state index in [-0.39, 0.29) is 104 Å². The summed E-state index contributed by atoms with van der Waals surface area (Å²) in [5.41, 5.74) is 8.00. The number of primary amides is 1. The van der Waals surface area contributed by atoms with Crippen LogP contribution in [0.15, 0.2) is 48.5 Å². The lowest BCUT2D eigenvalue weighted by Gasteiger charge is -2.44. The average Bonchev–Trinajstić information content (AvgIpc) is 3.70. The molecule has 24 nitrogen and oxygen atoms in total. The number of nitrogens with one attached hydrogen (secondary N) is 5. The summed E-state index contributed by atoms with van der Waals surface area (Å²) in [6, 6.07) is 14.6. The summed E-state index contributed by atoms with van der Waals surface area (Å²) in [4.78, 5) is 123. The third kappa shape index (κ3) is 21.3. The number of hydrogen-bond donors (Lipinski definition) is 6. The predicted molar refractivity (Wildman–Crippen MR) is 268 cm³/mol. The SMILES string of the molecule is CC(=O)N[C@H]1[C@H](OCCCCCNC(=O)COCCNC(=O)CCC(CCC=O)(CCC(=O)NCCOCC(N)=O)NC(=O)OCC2c3ccccc3-c3ccccc32)O[C@H](COC(C)=O)[C@H](OC(C)=O)[C@@H]1OC(C)=O. The largest absolute Gasteiger partial charge is 0.463 e. The molecule has 6 atom stereocenters. The van der Waals surface area contributed by atoms with Crippen molar-refractivity contribution in [3.8, 4) is 11.1 Å². The molecule has 2 aromatic carbocycles. The highest BCUT2D eigenvalue weighted by molar-refractivity contribution is 5.80. The molecule has 1 heterocycles. The molecule has 1 unspecified atom stereocenters. The Kier molecular flexibility index (Phi) is 26.3. The second-order valence-electron chi connectivity index (χ2n) is 18.2. The van der Waals surface area contributed by atoms with E-state index in [1.807, 2.05) is 48.5 Å². The van der Waals surface area contributed by atoms with Crippen LogP contribution in [0.2, 0.25) is 0 Å². The first-order chi connectivity index (χ1) is 36.4. The molecule has 1 aliphatic heterocycles. The van der Waals surface area contributed by atoms with Crippen LogP contribution >= 0.6 is 0 Å². The van der Waals surface area contributed by atoms with E-state index in [1.54, 1.807) is 0 Å². The smallest absolute Gasteiger partial charge is 0.407 e. The van der Waals surface area contributed by atoms with E-state index < -0.39 is 89.7 Å². The number of nitrogens with two attached hydrogens (primary N) is 1. The van der Waals surface area contributed by atoms with Gasteiger partial charge in [0.1, 0.15) is 44.9 Å². The molecule has 2 aromatic rings. The minimum atomic E-state index is -1.24. The fraction of sp³-hybridized carbons (Fsp3) is 0.577. The lowest BCUT2D eigenvalue weighted by Crippen LogP contribution is -2.66. The maximum absolute atomic E-state index is 13.6. The topological polar surface area (TPSA) is 331 Å². The monoisotopic (exact) mass is 1070 g/mol. The van der Waals surface area contributed by atoms with Crippen molar-refractivity contribution in [2.45, 2.75) is 128 Å². The molecule has 0 spiro atoms. The minimum absolute atomic E-state index is 0.00149. The number of hydrogen-bond acceptors (Lipinski definition) is 18. The Hall–Kier alpha value is -7.02. The number of benzene rings is 2. The van der Waals surface area contributed by atoms with Gasteiger partial charge in [0.05, 0.1) is 13.2 Å². The quantitative estimate of drug-likeness (QED) is 0.0250. The molecule has 1 saturated heterocycles. The lowest BCUT2D eigenvalue weighted by atomic mass is 9.83. The zero-order valence-corrected chi connectivity index (χ0v) is 43.5. The van der Waals surface area contributed by atoms with Crippen molar-refractivity contribution in [2.24, 2.45) is 5.73 Å². The summed E-state index contributed by atoms with van der Waals surface area (Å²) in [5.74, 6) is -4.67. The first kappa shape index (κ1) is 61.5. The number of ether oxygens (including phenoxy) is 8. The van der Waals surface area contributed by atoms with E-state index in [1.165, 1.54) is 13.8 Å².